The van der Waals surface area contributed by atoms with Crippen LogP contribution in [0.1, 0.15) is 40.4 Å². The minimum atomic E-state index is -0.848. The standard InChI is InChI=1S/C19H22N6O4/c1-4-24-13(5-10(2)23-24)17(28)22-18-21-12-6-11(16(20)27)7-14-15(12)25(18)19(3,8-26)9-29-14/h5-7,26H,4,8-9H2,1-3H3,(H2,20,27)(H,21,22,28). The Labute approximate surface area is 166 Å². The molecule has 3 aromatic rings. The number of primary amides is 1. The molecule has 0 bridgehead atoms. The predicted octanol–water partition coefficient (Wildman–Crippen LogP) is 1.01. The topological polar surface area (TPSA) is 137 Å². The number of carbonyl (C=O) groups excluding carboxylic acids is 2. The van der Waals surface area contributed by atoms with Crippen molar-refractivity contribution in [3.8, 4) is 5.75 Å². The summed E-state index contributed by atoms with van der Waals surface area (Å²) in [5.41, 5.74) is 6.96. The molecule has 1 unspecified atom stereocenters. The number of ether oxygens (including phenoxy) is 1. The number of carbonyl (C=O) groups is 2. The Hall–Kier alpha value is -3.40. The largest absolute Gasteiger partial charge is 0.489 e. The molecule has 0 saturated carbocycles. The molecule has 10 heteroatoms. The van der Waals surface area contributed by atoms with Crippen molar-refractivity contribution in [3.63, 3.8) is 0 Å². The minimum absolute atomic E-state index is 0.138. The molecule has 0 saturated heterocycles. The van der Waals surface area contributed by atoms with E-state index < -0.39 is 11.4 Å². The smallest absolute Gasteiger partial charge is 0.276 e. The summed E-state index contributed by atoms with van der Waals surface area (Å²) in [6, 6.07) is 4.78. The zero-order chi connectivity index (χ0) is 20.9. The van der Waals surface area contributed by atoms with Crippen LogP contribution in [0.2, 0.25) is 0 Å². The van der Waals surface area contributed by atoms with E-state index in [4.69, 9.17) is 10.5 Å². The van der Waals surface area contributed by atoms with E-state index in [0.29, 0.717) is 29.0 Å². The van der Waals surface area contributed by atoms with Crippen molar-refractivity contribution in [2.45, 2.75) is 32.9 Å². The molecule has 2 amide bonds. The summed E-state index contributed by atoms with van der Waals surface area (Å²) < 4.78 is 9.13. The highest BCUT2D eigenvalue weighted by Crippen LogP contribution is 2.39. The number of aliphatic hydroxyl groups excluding tert-OH is 1. The van der Waals surface area contributed by atoms with E-state index >= 15 is 0 Å². The maximum Gasteiger partial charge on any atom is 0.276 e. The number of hydrogen-bond acceptors (Lipinski definition) is 6. The SMILES string of the molecule is CCn1nc(C)cc1C(=O)Nc1nc2cc(C(N)=O)cc3c2n1C(C)(CO)CO3. The minimum Gasteiger partial charge on any atom is -0.489 e. The zero-order valence-electron chi connectivity index (χ0n) is 16.4. The molecular weight excluding hydrogens is 376 g/mol. The summed E-state index contributed by atoms with van der Waals surface area (Å²) in [5, 5.41) is 17.1. The van der Waals surface area contributed by atoms with Crippen molar-refractivity contribution in [2.75, 3.05) is 18.5 Å². The molecule has 10 nitrogen and oxygen atoms in total. The van der Waals surface area contributed by atoms with Crippen LogP contribution in [0.25, 0.3) is 11.0 Å². The second-order valence-electron chi connectivity index (χ2n) is 7.36. The van der Waals surface area contributed by atoms with E-state index in [0.717, 1.165) is 5.69 Å². The quantitative estimate of drug-likeness (QED) is 0.587. The molecule has 4 rings (SSSR count). The molecule has 152 valence electrons. The number of amides is 2. The van der Waals surface area contributed by atoms with Crippen molar-refractivity contribution >= 4 is 28.8 Å². The normalized spacial score (nSPS) is 17.9. The van der Waals surface area contributed by atoms with Crippen molar-refractivity contribution < 1.29 is 19.4 Å². The highest BCUT2D eigenvalue weighted by atomic mass is 16.5. The van der Waals surface area contributed by atoms with Crippen LogP contribution in [-0.2, 0) is 12.1 Å². The van der Waals surface area contributed by atoms with Crippen LogP contribution in [0.5, 0.6) is 5.75 Å². The van der Waals surface area contributed by atoms with Crippen molar-refractivity contribution in [1.82, 2.24) is 19.3 Å². The molecule has 0 spiro atoms. The van der Waals surface area contributed by atoms with E-state index in [1.807, 2.05) is 13.8 Å². The average Bonchev–Trinajstić information content (AvgIpc) is 3.25. The lowest BCUT2D eigenvalue weighted by molar-refractivity contribution is 0.0829. The molecule has 1 aromatic carbocycles. The summed E-state index contributed by atoms with van der Waals surface area (Å²) in [7, 11) is 0. The van der Waals surface area contributed by atoms with Gasteiger partial charge in [-0.3, -0.25) is 24.2 Å². The third kappa shape index (κ3) is 2.92. The molecule has 1 atom stereocenters. The van der Waals surface area contributed by atoms with Gasteiger partial charge in [0.15, 0.2) is 0 Å². The first kappa shape index (κ1) is 18.9. The number of nitrogens with zero attached hydrogens (tertiary/aromatic N) is 4. The Kier molecular flexibility index (Phi) is 4.30. The fourth-order valence-corrected chi connectivity index (χ4v) is 3.58. The number of hydrogen-bond donors (Lipinski definition) is 3. The van der Waals surface area contributed by atoms with E-state index in [1.54, 1.807) is 34.4 Å². The lowest BCUT2D eigenvalue weighted by atomic mass is 10.0. The summed E-state index contributed by atoms with van der Waals surface area (Å²) in [6.07, 6.45) is 0. The molecule has 0 radical (unpaired) electrons. The molecule has 1 aliphatic heterocycles. The number of anilines is 1. The molecule has 29 heavy (non-hydrogen) atoms. The van der Waals surface area contributed by atoms with Crippen LogP contribution in [0.15, 0.2) is 18.2 Å². The van der Waals surface area contributed by atoms with Gasteiger partial charge in [0.2, 0.25) is 11.9 Å². The molecule has 2 aromatic heterocycles. The Bertz CT molecular complexity index is 1150. The number of aryl methyl sites for hydroxylation is 2. The Morgan fingerprint density at radius 3 is 2.79 bits per heavy atom. The molecule has 1 aliphatic rings. The first-order chi connectivity index (χ1) is 13.8. The van der Waals surface area contributed by atoms with Crippen LogP contribution in [0.4, 0.5) is 5.95 Å². The third-order valence-corrected chi connectivity index (χ3v) is 5.08. The highest BCUT2D eigenvalue weighted by molar-refractivity contribution is 6.04. The maximum atomic E-state index is 12.9. The van der Waals surface area contributed by atoms with Gasteiger partial charge in [-0.2, -0.15) is 5.10 Å². The molecule has 3 heterocycles. The second-order valence-corrected chi connectivity index (χ2v) is 7.36. The van der Waals surface area contributed by atoms with E-state index in [9.17, 15) is 14.7 Å². The fraction of sp³-hybridized carbons (Fsp3) is 0.368. The number of nitrogens with two attached hydrogens (primary N) is 1. The predicted molar refractivity (Wildman–Crippen MR) is 105 cm³/mol. The first-order valence-corrected chi connectivity index (χ1v) is 9.23. The Morgan fingerprint density at radius 1 is 1.38 bits per heavy atom. The number of nitrogens with one attached hydrogen (secondary N) is 1. The summed E-state index contributed by atoms with van der Waals surface area (Å²) in [4.78, 5) is 29.1. The van der Waals surface area contributed by atoms with Gasteiger partial charge in [0.25, 0.3) is 5.91 Å². The van der Waals surface area contributed by atoms with E-state index in [1.165, 1.54) is 0 Å². The van der Waals surface area contributed by atoms with Gasteiger partial charge in [0, 0.05) is 12.1 Å². The van der Waals surface area contributed by atoms with Gasteiger partial charge in [-0.15, -0.1) is 0 Å². The lowest BCUT2D eigenvalue weighted by Gasteiger charge is -2.35. The van der Waals surface area contributed by atoms with Crippen LogP contribution in [0.3, 0.4) is 0 Å². The van der Waals surface area contributed by atoms with Crippen molar-refractivity contribution in [2.24, 2.45) is 5.73 Å². The summed E-state index contributed by atoms with van der Waals surface area (Å²) in [5.74, 6) is -0.314. The third-order valence-electron chi connectivity index (χ3n) is 5.08. The molecular formula is C19H22N6O4. The Balaban J connectivity index is 1.86. The van der Waals surface area contributed by atoms with Gasteiger partial charge in [-0.05, 0) is 39.0 Å². The van der Waals surface area contributed by atoms with E-state index in [2.05, 4.69) is 15.4 Å². The van der Waals surface area contributed by atoms with E-state index in [-0.39, 0.29) is 30.6 Å². The van der Waals surface area contributed by atoms with Crippen LogP contribution in [0, 0.1) is 6.92 Å². The number of benzene rings is 1. The van der Waals surface area contributed by atoms with Gasteiger partial charge in [0.1, 0.15) is 29.1 Å². The monoisotopic (exact) mass is 398 g/mol. The highest BCUT2D eigenvalue weighted by Gasteiger charge is 2.37. The fourth-order valence-electron chi connectivity index (χ4n) is 3.58. The van der Waals surface area contributed by atoms with Crippen LogP contribution >= 0.6 is 0 Å². The second kappa shape index (κ2) is 6.59. The first-order valence-electron chi connectivity index (χ1n) is 9.23. The number of aromatic nitrogens is 4. The van der Waals surface area contributed by atoms with Gasteiger partial charge in [0.05, 0.1) is 17.8 Å². The lowest BCUT2D eigenvalue weighted by Crippen LogP contribution is -2.43. The van der Waals surface area contributed by atoms with Crippen LogP contribution in [-0.4, -0.2) is 49.5 Å². The van der Waals surface area contributed by atoms with Gasteiger partial charge >= 0.3 is 0 Å². The Morgan fingerprint density at radius 2 is 2.14 bits per heavy atom. The summed E-state index contributed by atoms with van der Waals surface area (Å²) >= 11 is 0. The van der Waals surface area contributed by atoms with Crippen LogP contribution < -0.4 is 15.8 Å². The van der Waals surface area contributed by atoms with Gasteiger partial charge in [-0.1, -0.05) is 0 Å². The maximum absolute atomic E-state index is 12.9. The zero-order valence-corrected chi connectivity index (χ0v) is 16.4. The van der Waals surface area contributed by atoms with Gasteiger partial charge < -0.3 is 15.6 Å². The number of imidazole rings is 1. The number of aliphatic hydroxyl groups is 1. The van der Waals surface area contributed by atoms with Crippen molar-refractivity contribution in [3.05, 3.63) is 35.2 Å². The van der Waals surface area contributed by atoms with Crippen molar-refractivity contribution in [1.29, 1.82) is 0 Å². The molecule has 0 aliphatic carbocycles. The average molecular weight is 398 g/mol. The molecule has 4 N–H and O–H groups in total. The number of rotatable bonds is 5. The summed E-state index contributed by atoms with van der Waals surface area (Å²) in [6.45, 7) is 5.96. The molecule has 0 fully saturated rings. The van der Waals surface area contributed by atoms with Gasteiger partial charge in [-0.25, -0.2) is 4.98 Å².